The average molecular weight is 330 g/mol. The summed E-state index contributed by atoms with van der Waals surface area (Å²) in [5.74, 6) is 0. The van der Waals surface area contributed by atoms with Crippen LogP contribution in [0.5, 0.6) is 0 Å². The third-order valence-corrected chi connectivity index (χ3v) is 4.27. The van der Waals surface area contributed by atoms with Gasteiger partial charge in [0.25, 0.3) is 0 Å². The van der Waals surface area contributed by atoms with Crippen molar-refractivity contribution in [2.24, 2.45) is 5.41 Å². The minimum absolute atomic E-state index is 0.384. The van der Waals surface area contributed by atoms with E-state index >= 15 is 0 Å². The topological polar surface area (TPSA) is 38.0 Å². The Kier molecular flexibility index (Phi) is 3.33. The number of halogens is 1. The lowest BCUT2D eigenvalue weighted by Gasteiger charge is -2.29. The Morgan fingerprint density at radius 3 is 2.75 bits per heavy atom. The summed E-state index contributed by atoms with van der Waals surface area (Å²) in [4.78, 5) is 0. The number of nitrogens with one attached hydrogen (secondary N) is 1. The van der Waals surface area contributed by atoms with Gasteiger partial charge >= 0.3 is 0 Å². The van der Waals surface area contributed by atoms with E-state index in [4.69, 9.17) is 5.73 Å². The highest BCUT2D eigenvalue weighted by molar-refractivity contribution is 14.1. The van der Waals surface area contributed by atoms with Crippen molar-refractivity contribution in [3.63, 3.8) is 0 Å². The Labute approximate surface area is 111 Å². The second-order valence-corrected chi connectivity index (χ2v) is 6.55. The molecule has 1 unspecified atom stereocenters. The first-order valence-electron chi connectivity index (χ1n) is 5.80. The molecule has 1 aliphatic rings. The predicted molar refractivity (Wildman–Crippen MR) is 78.6 cm³/mol. The molecule has 0 radical (unpaired) electrons. The molecule has 16 heavy (non-hydrogen) atoms. The Morgan fingerprint density at radius 1 is 1.44 bits per heavy atom. The number of rotatable bonds is 2. The van der Waals surface area contributed by atoms with Crippen molar-refractivity contribution in [1.82, 2.24) is 0 Å². The molecule has 3 heteroatoms. The zero-order valence-corrected chi connectivity index (χ0v) is 12.0. The number of hydrogen-bond donors (Lipinski definition) is 2. The van der Waals surface area contributed by atoms with Gasteiger partial charge in [-0.1, -0.05) is 20.3 Å². The van der Waals surface area contributed by atoms with Crippen molar-refractivity contribution in [3.05, 3.63) is 21.8 Å². The second kappa shape index (κ2) is 4.43. The fraction of sp³-hybridized carbons (Fsp3) is 0.538. The summed E-state index contributed by atoms with van der Waals surface area (Å²) in [5.41, 5.74) is 8.34. The molecule has 1 saturated carbocycles. The largest absolute Gasteiger partial charge is 0.397 e. The number of benzene rings is 1. The van der Waals surface area contributed by atoms with E-state index in [1.165, 1.54) is 22.8 Å². The van der Waals surface area contributed by atoms with E-state index in [2.05, 4.69) is 53.9 Å². The zero-order valence-electron chi connectivity index (χ0n) is 9.89. The third-order valence-electron chi connectivity index (χ3n) is 3.60. The Balaban J connectivity index is 2.15. The van der Waals surface area contributed by atoms with Crippen molar-refractivity contribution in [1.29, 1.82) is 0 Å². The smallest absolute Gasteiger partial charge is 0.0577 e. The SMILES string of the molecule is CC1(C)CCCC1Nc1ccc(I)cc1N. The normalized spacial score (nSPS) is 23.3. The Hall–Kier alpha value is -0.450. The number of hydrogen-bond acceptors (Lipinski definition) is 2. The molecule has 1 atom stereocenters. The maximum Gasteiger partial charge on any atom is 0.0577 e. The summed E-state index contributed by atoms with van der Waals surface area (Å²) < 4.78 is 1.19. The molecule has 1 aromatic rings. The molecule has 0 saturated heterocycles. The second-order valence-electron chi connectivity index (χ2n) is 5.31. The van der Waals surface area contributed by atoms with Crippen LogP contribution in [0.2, 0.25) is 0 Å². The lowest BCUT2D eigenvalue weighted by atomic mass is 9.87. The number of nitrogen functional groups attached to an aromatic ring is 1. The monoisotopic (exact) mass is 330 g/mol. The van der Waals surface area contributed by atoms with Gasteiger partial charge in [0.15, 0.2) is 0 Å². The minimum atomic E-state index is 0.384. The predicted octanol–water partition coefficient (Wildman–Crippen LogP) is 3.86. The van der Waals surface area contributed by atoms with Crippen molar-refractivity contribution in [3.8, 4) is 0 Å². The van der Waals surface area contributed by atoms with Crippen LogP contribution in [0.4, 0.5) is 11.4 Å². The minimum Gasteiger partial charge on any atom is -0.397 e. The molecule has 0 bridgehead atoms. The van der Waals surface area contributed by atoms with E-state index in [9.17, 15) is 0 Å². The van der Waals surface area contributed by atoms with Crippen LogP contribution in [0.3, 0.4) is 0 Å². The summed E-state index contributed by atoms with van der Waals surface area (Å²) >= 11 is 2.29. The first kappa shape index (κ1) is 12.0. The van der Waals surface area contributed by atoms with E-state index in [0.717, 1.165) is 11.4 Å². The fourth-order valence-corrected chi connectivity index (χ4v) is 2.96. The summed E-state index contributed by atoms with van der Waals surface area (Å²) in [6.45, 7) is 4.67. The summed E-state index contributed by atoms with van der Waals surface area (Å²) in [5, 5.41) is 3.60. The summed E-state index contributed by atoms with van der Waals surface area (Å²) in [6.07, 6.45) is 3.86. The average Bonchev–Trinajstić information content (AvgIpc) is 2.50. The number of anilines is 2. The standard InChI is InChI=1S/C13H19IN2/c1-13(2)7-3-4-12(13)16-11-6-5-9(14)8-10(11)15/h5-6,8,12,16H,3-4,7,15H2,1-2H3. The molecule has 3 N–H and O–H groups in total. The van der Waals surface area contributed by atoms with Crippen LogP contribution in [0.25, 0.3) is 0 Å². The van der Waals surface area contributed by atoms with E-state index < -0.39 is 0 Å². The highest BCUT2D eigenvalue weighted by Gasteiger charge is 2.34. The first-order valence-corrected chi connectivity index (χ1v) is 6.88. The van der Waals surface area contributed by atoms with E-state index in [1.54, 1.807) is 0 Å². The van der Waals surface area contributed by atoms with Crippen molar-refractivity contribution in [2.75, 3.05) is 11.1 Å². The maximum atomic E-state index is 6.02. The highest BCUT2D eigenvalue weighted by atomic mass is 127. The molecular formula is C13H19IN2. The molecule has 2 rings (SSSR count). The van der Waals surface area contributed by atoms with Crippen LogP contribution in [-0.4, -0.2) is 6.04 Å². The molecule has 0 aromatic heterocycles. The van der Waals surface area contributed by atoms with Gasteiger partial charge < -0.3 is 11.1 Å². The Bertz CT molecular complexity index is 388. The molecule has 88 valence electrons. The van der Waals surface area contributed by atoms with Gasteiger partial charge in [0.05, 0.1) is 11.4 Å². The molecule has 1 aliphatic carbocycles. The van der Waals surface area contributed by atoms with Crippen LogP contribution in [0.1, 0.15) is 33.1 Å². The number of nitrogens with two attached hydrogens (primary N) is 1. The van der Waals surface area contributed by atoms with Crippen LogP contribution < -0.4 is 11.1 Å². The van der Waals surface area contributed by atoms with Crippen molar-refractivity contribution >= 4 is 34.0 Å². The van der Waals surface area contributed by atoms with Gasteiger partial charge in [-0.2, -0.15) is 0 Å². The molecule has 2 nitrogen and oxygen atoms in total. The highest BCUT2D eigenvalue weighted by Crippen LogP contribution is 2.39. The molecule has 0 spiro atoms. The molecule has 1 aromatic carbocycles. The van der Waals surface area contributed by atoms with Gasteiger partial charge in [0.2, 0.25) is 0 Å². The van der Waals surface area contributed by atoms with Crippen LogP contribution in [-0.2, 0) is 0 Å². The van der Waals surface area contributed by atoms with Crippen molar-refractivity contribution in [2.45, 2.75) is 39.2 Å². The van der Waals surface area contributed by atoms with Gasteiger partial charge in [-0.05, 0) is 59.0 Å². The summed E-state index contributed by atoms with van der Waals surface area (Å²) in [6, 6.07) is 6.76. The van der Waals surface area contributed by atoms with Gasteiger partial charge in [0, 0.05) is 9.61 Å². The maximum absolute atomic E-state index is 6.02. The zero-order chi connectivity index (χ0) is 11.8. The molecule has 1 fully saturated rings. The lowest BCUT2D eigenvalue weighted by Crippen LogP contribution is -2.31. The van der Waals surface area contributed by atoms with E-state index in [0.29, 0.717) is 11.5 Å². The Morgan fingerprint density at radius 2 is 2.19 bits per heavy atom. The third kappa shape index (κ3) is 2.44. The molecule has 0 amide bonds. The lowest BCUT2D eigenvalue weighted by molar-refractivity contribution is 0.350. The van der Waals surface area contributed by atoms with Gasteiger partial charge in [-0.3, -0.25) is 0 Å². The fourth-order valence-electron chi connectivity index (χ4n) is 2.45. The van der Waals surface area contributed by atoms with Crippen LogP contribution in [0.15, 0.2) is 18.2 Å². The molecule has 0 aliphatic heterocycles. The first-order chi connectivity index (χ1) is 7.49. The molecule has 0 heterocycles. The van der Waals surface area contributed by atoms with Gasteiger partial charge in [-0.25, -0.2) is 0 Å². The van der Waals surface area contributed by atoms with Gasteiger partial charge in [0.1, 0.15) is 0 Å². The van der Waals surface area contributed by atoms with Crippen molar-refractivity contribution < 1.29 is 0 Å². The molecular weight excluding hydrogens is 311 g/mol. The van der Waals surface area contributed by atoms with Crippen LogP contribution in [0, 0.1) is 8.99 Å². The summed E-state index contributed by atoms with van der Waals surface area (Å²) in [7, 11) is 0. The van der Waals surface area contributed by atoms with E-state index in [1.807, 2.05) is 6.07 Å². The van der Waals surface area contributed by atoms with Gasteiger partial charge in [-0.15, -0.1) is 0 Å². The van der Waals surface area contributed by atoms with Crippen LogP contribution >= 0.6 is 22.6 Å². The van der Waals surface area contributed by atoms with E-state index in [-0.39, 0.29) is 0 Å². The quantitative estimate of drug-likeness (QED) is 0.638.